The van der Waals surface area contributed by atoms with Crippen LogP contribution in [0.4, 0.5) is 0 Å². The first-order valence-electron chi connectivity index (χ1n) is 4.82. The molecule has 1 saturated carbocycles. The molecular weight excluding hydrogens is 198 g/mol. The summed E-state index contributed by atoms with van der Waals surface area (Å²) in [5, 5.41) is 16.8. The highest BCUT2D eigenvalue weighted by atomic mass is 16.5. The van der Waals surface area contributed by atoms with Gasteiger partial charge in [-0.3, -0.25) is 0 Å². The van der Waals surface area contributed by atoms with Gasteiger partial charge >= 0.3 is 5.97 Å². The lowest BCUT2D eigenvalue weighted by molar-refractivity contribution is -0.142. The Bertz CT molecular complexity index is 370. The maximum Gasteiger partial charge on any atom is 0.329 e. The molecule has 1 aromatic rings. The summed E-state index contributed by atoms with van der Waals surface area (Å²) in [6.07, 6.45) is 3.39. The van der Waals surface area contributed by atoms with Gasteiger partial charge < -0.3 is 14.4 Å². The summed E-state index contributed by atoms with van der Waals surface area (Å²) >= 11 is 0. The van der Waals surface area contributed by atoms with Crippen molar-refractivity contribution in [2.45, 2.75) is 24.8 Å². The highest BCUT2D eigenvalue weighted by Gasteiger charge is 2.53. The zero-order valence-corrected chi connectivity index (χ0v) is 8.51. The third-order valence-corrected chi connectivity index (χ3v) is 2.73. The van der Waals surface area contributed by atoms with E-state index in [4.69, 9.17) is 9.84 Å². The fourth-order valence-corrected chi connectivity index (χ4v) is 1.66. The summed E-state index contributed by atoms with van der Waals surface area (Å²) < 4.78 is 6.60. The summed E-state index contributed by atoms with van der Waals surface area (Å²) in [6.45, 7) is 0.522. The van der Waals surface area contributed by atoms with E-state index < -0.39 is 11.5 Å². The number of carbonyl (C=O) groups is 1. The number of aromatic nitrogens is 3. The highest BCUT2D eigenvalue weighted by molar-refractivity contribution is 5.80. The van der Waals surface area contributed by atoms with Gasteiger partial charge in [-0.15, -0.1) is 10.2 Å². The molecule has 1 N–H and O–H groups in total. The fraction of sp³-hybridized carbons (Fsp3) is 0.667. The van der Waals surface area contributed by atoms with E-state index in [1.54, 1.807) is 11.7 Å². The quantitative estimate of drug-likeness (QED) is 0.744. The molecule has 1 aliphatic rings. The number of hydrogen-bond donors (Lipinski definition) is 1. The predicted molar refractivity (Wildman–Crippen MR) is 50.4 cm³/mol. The molecule has 0 aliphatic heterocycles. The van der Waals surface area contributed by atoms with Crippen LogP contribution in [0.5, 0.6) is 0 Å². The molecule has 1 aromatic heterocycles. The molecule has 0 saturated heterocycles. The Morgan fingerprint density at radius 1 is 1.73 bits per heavy atom. The Morgan fingerprint density at radius 2 is 2.47 bits per heavy atom. The lowest BCUT2D eigenvalue weighted by atomic mass is 10.2. The maximum absolute atomic E-state index is 11.1. The van der Waals surface area contributed by atoms with Gasteiger partial charge in [0, 0.05) is 13.5 Å². The zero-order valence-electron chi connectivity index (χ0n) is 8.51. The average Bonchev–Trinajstić information content (AvgIpc) is 2.90. The van der Waals surface area contributed by atoms with E-state index in [9.17, 15) is 4.79 Å². The zero-order chi connectivity index (χ0) is 10.9. The molecule has 0 aromatic carbocycles. The smallest absolute Gasteiger partial charge is 0.329 e. The van der Waals surface area contributed by atoms with Crippen molar-refractivity contribution in [2.24, 2.45) is 0 Å². The van der Waals surface area contributed by atoms with Crippen LogP contribution in [-0.2, 0) is 21.5 Å². The minimum absolute atomic E-state index is 0.522. The van der Waals surface area contributed by atoms with E-state index in [2.05, 4.69) is 10.2 Å². The largest absolute Gasteiger partial charge is 0.479 e. The van der Waals surface area contributed by atoms with Crippen LogP contribution in [0.2, 0.25) is 0 Å². The molecule has 1 fully saturated rings. The number of hydrogen-bond acceptors (Lipinski definition) is 4. The van der Waals surface area contributed by atoms with E-state index in [1.165, 1.54) is 6.33 Å². The second kappa shape index (κ2) is 3.62. The minimum atomic E-state index is -0.805. The molecule has 6 heteroatoms. The van der Waals surface area contributed by atoms with Gasteiger partial charge in [0.15, 0.2) is 0 Å². The van der Waals surface area contributed by atoms with Crippen molar-refractivity contribution in [1.29, 1.82) is 0 Å². The predicted octanol–water partition coefficient (Wildman–Crippen LogP) is 0.0407. The number of methoxy groups -OCH3 is 1. The second-order valence-electron chi connectivity index (χ2n) is 3.70. The average molecular weight is 211 g/mol. The lowest BCUT2D eigenvalue weighted by Crippen LogP contribution is -2.28. The number of rotatable bonds is 5. The molecule has 0 unspecified atom stereocenters. The second-order valence-corrected chi connectivity index (χ2v) is 3.70. The van der Waals surface area contributed by atoms with E-state index in [0.29, 0.717) is 31.7 Å². The van der Waals surface area contributed by atoms with E-state index in [-0.39, 0.29) is 0 Å². The molecule has 2 rings (SSSR count). The van der Waals surface area contributed by atoms with Gasteiger partial charge in [-0.25, -0.2) is 4.79 Å². The molecule has 0 amide bonds. The van der Waals surface area contributed by atoms with Crippen LogP contribution in [0, 0.1) is 0 Å². The topological polar surface area (TPSA) is 77.2 Å². The molecule has 1 aliphatic carbocycles. The van der Waals surface area contributed by atoms with Crippen LogP contribution in [0.1, 0.15) is 18.7 Å². The van der Waals surface area contributed by atoms with Gasteiger partial charge in [-0.2, -0.15) is 0 Å². The Labute approximate surface area is 86.9 Å². The molecule has 6 nitrogen and oxygen atoms in total. The monoisotopic (exact) mass is 211 g/mol. The SMILES string of the molecule is COCCc1nncn1C1(C(=O)O)CC1. The Hall–Kier alpha value is -1.43. The number of aliphatic carboxylic acids is 1. The Balaban J connectivity index is 2.21. The summed E-state index contributed by atoms with van der Waals surface area (Å²) in [4.78, 5) is 11.1. The van der Waals surface area contributed by atoms with Crippen LogP contribution in [0.15, 0.2) is 6.33 Å². The van der Waals surface area contributed by atoms with E-state index >= 15 is 0 Å². The summed E-state index contributed by atoms with van der Waals surface area (Å²) in [5.74, 6) is -0.127. The van der Waals surface area contributed by atoms with Crippen molar-refractivity contribution >= 4 is 5.97 Å². The van der Waals surface area contributed by atoms with Crippen molar-refractivity contribution in [3.05, 3.63) is 12.2 Å². The fourth-order valence-electron chi connectivity index (χ4n) is 1.66. The van der Waals surface area contributed by atoms with Crippen molar-refractivity contribution in [3.8, 4) is 0 Å². The van der Waals surface area contributed by atoms with Crippen molar-refractivity contribution in [1.82, 2.24) is 14.8 Å². The van der Waals surface area contributed by atoms with Crippen molar-refractivity contribution in [2.75, 3.05) is 13.7 Å². The summed E-state index contributed by atoms with van der Waals surface area (Å²) in [7, 11) is 1.60. The van der Waals surface area contributed by atoms with Gasteiger partial charge in [0.25, 0.3) is 0 Å². The first kappa shape index (κ1) is 10.1. The molecule has 82 valence electrons. The molecule has 0 radical (unpaired) electrons. The first-order valence-corrected chi connectivity index (χ1v) is 4.82. The number of carboxylic acid groups (broad SMARTS) is 1. The van der Waals surface area contributed by atoms with Crippen LogP contribution < -0.4 is 0 Å². The highest BCUT2D eigenvalue weighted by Crippen LogP contribution is 2.44. The van der Waals surface area contributed by atoms with Gasteiger partial charge in [0.05, 0.1) is 6.61 Å². The number of ether oxygens (including phenoxy) is 1. The Morgan fingerprint density at radius 3 is 3.00 bits per heavy atom. The van der Waals surface area contributed by atoms with Gasteiger partial charge in [-0.05, 0) is 12.8 Å². The third kappa shape index (κ3) is 1.61. The van der Waals surface area contributed by atoms with Gasteiger partial charge in [0.2, 0.25) is 0 Å². The number of carboxylic acids is 1. The third-order valence-electron chi connectivity index (χ3n) is 2.73. The first-order chi connectivity index (χ1) is 7.20. The minimum Gasteiger partial charge on any atom is -0.479 e. The molecule has 1 heterocycles. The standard InChI is InChI=1S/C9H13N3O3/c1-15-5-2-7-11-10-6-12(7)9(3-4-9)8(13)14/h6H,2-5H2,1H3,(H,13,14). The maximum atomic E-state index is 11.1. The normalized spacial score (nSPS) is 17.7. The molecule has 0 atom stereocenters. The molecule has 0 spiro atoms. The van der Waals surface area contributed by atoms with E-state index in [1.807, 2.05) is 0 Å². The van der Waals surface area contributed by atoms with Crippen molar-refractivity contribution < 1.29 is 14.6 Å². The summed E-state index contributed by atoms with van der Waals surface area (Å²) in [6, 6.07) is 0. The molecule has 15 heavy (non-hydrogen) atoms. The van der Waals surface area contributed by atoms with Crippen LogP contribution in [0.25, 0.3) is 0 Å². The lowest BCUT2D eigenvalue weighted by Gasteiger charge is -2.13. The van der Waals surface area contributed by atoms with Crippen LogP contribution in [0.3, 0.4) is 0 Å². The Kier molecular flexibility index (Phi) is 2.44. The van der Waals surface area contributed by atoms with E-state index in [0.717, 1.165) is 0 Å². The van der Waals surface area contributed by atoms with Crippen LogP contribution >= 0.6 is 0 Å². The van der Waals surface area contributed by atoms with Gasteiger partial charge in [0.1, 0.15) is 17.7 Å². The summed E-state index contributed by atoms with van der Waals surface area (Å²) in [5.41, 5.74) is -0.785. The molecule has 0 bridgehead atoms. The van der Waals surface area contributed by atoms with Crippen LogP contribution in [-0.4, -0.2) is 39.6 Å². The van der Waals surface area contributed by atoms with Gasteiger partial charge in [-0.1, -0.05) is 0 Å². The number of nitrogens with zero attached hydrogens (tertiary/aromatic N) is 3. The van der Waals surface area contributed by atoms with Crippen molar-refractivity contribution in [3.63, 3.8) is 0 Å². The molecular formula is C9H13N3O3.